The minimum Gasteiger partial charge on any atom is -0.303 e. The number of aldehydes is 1. The molecule has 0 radical (unpaired) electrons. The molecule has 1 unspecified atom stereocenters. The predicted molar refractivity (Wildman–Crippen MR) is 65.5 cm³/mol. The van der Waals surface area contributed by atoms with Gasteiger partial charge in [0.05, 0.1) is 0 Å². The molecule has 2 aliphatic rings. The highest BCUT2D eigenvalue weighted by Gasteiger charge is 2.30. The van der Waals surface area contributed by atoms with E-state index in [0.29, 0.717) is 0 Å². The van der Waals surface area contributed by atoms with E-state index in [1.807, 2.05) is 13.8 Å². The van der Waals surface area contributed by atoms with Crippen LogP contribution in [0.3, 0.4) is 0 Å². The molecular weight excluding hydrogens is 200 g/mol. The third-order valence-electron chi connectivity index (χ3n) is 3.84. The highest BCUT2D eigenvalue weighted by atomic mass is 16.1. The van der Waals surface area contributed by atoms with Gasteiger partial charge in [0.2, 0.25) is 0 Å². The molecule has 0 aromatic carbocycles. The Labute approximate surface area is 98.8 Å². The summed E-state index contributed by atoms with van der Waals surface area (Å²) in [6.07, 6.45) is 5.06. The van der Waals surface area contributed by atoms with Crippen molar-refractivity contribution in [3.05, 3.63) is 0 Å². The molecule has 0 bridgehead atoms. The molecule has 0 saturated carbocycles. The molecule has 3 heteroatoms. The second-order valence-electron chi connectivity index (χ2n) is 6.03. The summed E-state index contributed by atoms with van der Waals surface area (Å²) in [6, 6.07) is 0.755. The molecule has 0 aliphatic carbocycles. The van der Waals surface area contributed by atoms with E-state index in [1.165, 1.54) is 32.4 Å². The molecule has 0 aromatic heterocycles. The number of carbonyl (C=O) groups excluding carboxylic acids is 1. The van der Waals surface area contributed by atoms with Crippen LogP contribution < -0.4 is 0 Å². The summed E-state index contributed by atoms with van der Waals surface area (Å²) in [5.41, 5.74) is -0.187. The van der Waals surface area contributed by atoms with E-state index in [-0.39, 0.29) is 5.41 Å². The minimum atomic E-state index is -0.187. The van der Waals surface area contributed by atoms with E-state index in [4.69, 9.17) is 0 Å². The molecule has 0 spiro atoms. The molecule has 2 aliphatic heterocycles. The first-order chi connectivity index (χ1) is 7.61. The van der Waals surface area contributed by atoms with Gasteiger partial charge >= 0.3 is 0 Å². The van der Waals surface area contributed by atoms with Crippen LogP contribution in [0.2, 0.25) is 0 Å². The average Bonchev–Trinajstić information content (AvgIpc) is 2.58. The summed E-state index contributed by atoms with van der Waals surface area (Å²) < 4.78 is 0. The SMILES string of the molecule is CC(C)(C=O)CN1CCCN2CCCC2C1. The van der Waals surface area contributed by atoms with Gasteiger partial charge in [0.15, 0.2) is 0 Å². The summed E-state index contributed by atoms with van der Waals surface area (Å²) in [5, 5.41) is 0. The summed E-state index contributed by atoms with van der Waals surface area (Å²) in [6.45, 7) is 9.86. The molecule has 0 amide bonds. The summed E-state index contributed by atoms with van der Waals surface area (Å²) in [5.74, 6) is 0. The standard InChI is InChI=1S/C13H24N2O/c1-13(2,11-16)10-14-6-4-8-15-7-3-5-12(15)9-14/h11-12H,3-10H2,1-2H3. The quantitative estimate of drug-likeness (QED) is 0.677. The van der Waals surface area contributed by atoms with Crippen molar-refractivity contribution in [3.63, 3.8) is 0 Å². The van der Waals surface area contributed by atoms with Gasteiger partial charge in [-0.2, -0.15) is 0 Å². The van der Waals surface area contributed by atoms with Gasteiger partial charge < -0.3 is 9.69 Å². The number of hydrogen-bond acceptors (Lipinski definition) is 3. The zero-order valence-electron chi connectivity index (χ0n) is 10.6. The molecule has 2 rings (SSSR count). The van der Waals surface area contributed by atoms with Crippen molar-refractivity contribution in [1.82, 2.24) is 9.80 Å². The van der Waals surface area contributed by atoms with Crippen LogP contribution in [0.1, 0.15) is 33.1 Å². The van der Waals surface area contributed by atoms with Gasteiger partial charge in [0, 0.05) is 24.5 Å². The van der Waals surface area contributed by atoms with Crippen LogP contribution in [0.15, 0.2) is 0 Å². The Morgan fingerprint density at radius 1 is 1.25 bits per heavy atom. The number of fused-ring (bicyclic) bond motifs is 1. The maximum Gasteiger partial charge on any atom is 0.126 e. The summed E-state index contributed by atoms with van der Waals surface area (Å²) in [7, 11) is 0. The van der Waals surface area contributed by atoms with Crippen LogP contribution in [0.4, 0.5) is 0 Å². The van der Waals surface area contributed by atoms with Crippen LogP contribution in [0, 0.1) is 5.41 Å². The van der Waals surface area contributed by atoms with E-state index in [9.17, 15) is 4.79 Å². The van der Waals surface area contributed by atoms with Crippen LogP contribution in [-0.2, 0) is 4.79 Å². The van der Waals surface area contributed by atoms with Crippen LogP contribution >= 0.6 is 0 Å². The van der Waals surface area contributed by atoms with Crippen molar-refractivity contribution in [1.29, 1.82) is 0 Å². The highest BCUT2D eigenvalue weighted by Crippen LogP contribution is 2.23. The van der Waals surface area contributed by atoms with Gasteiger partial charge in [-0.3, -0.25) is 4.90 Å². The number of nitrogens with zero attached hydrogens (tertiary/aromatic N) is 2. The van der Waals surface area contributed by atoms with Crippen molar-refractivity contribution < 1.29 is 4.79 Å². The monoisotopic (exact) mass is 224 g/mol. The molecule has 16 heavy (non-hydrogen) atoms. The molecule has 3 nitrogen and oxygen atoms in total. The predicted octanol–water partition coefficient (Wildman–Crippen LogP) is 1.38. The smallest absolute Gasteiger partial charge is 0.126 e. The first-order valence-electron chi connectivity index (χ1n) is 6.53. The fourth-order valence-corrected chi connectivity index (χ4v) is 3.04. The van der Waals surface area contributed by atoms with Gasteiger partial charge in [-0.25, -0.2) is 0 Å². The van der Waals surface area contributed by atoms with E-state index < -0.39 is 0 Å². The lowest BCUT2D eigenvalue weighted by Gasteiger charge is -2.30. The van der Waals surface area contributed by atoms with Crippen molar-refractivity contribution in [2.45, 2.75) is 39.2 Å². The van der Waals surface area contributed by atoms with Crippen molar-refractivity contribution in [2.75, 3.05) is 32.7 Å². The van der Waals surface area contributed by atoms with Gasteiger partial charge in [-0.05, 0) is 38.9 Å². The van der Waals surface area contributed by atoms with Crippen molar-refractivity contribution >= 4 is 6.29 Å². The van der Waals surface area contributed by atoms with Crippen LogP contribution in [0.25, 0.3) is 0 Å². The summed E-state index contributed by atoms with van der Waals surface area (Å²) in [4.78, 5) is 16.1. The first-order valence-corrected chi connectivity index (χ1v) is 6.53. The topological polar surface area (TPSA) is 23.6 Å². The van der Waals surface area contributed by atoms with Gasteiger partial charge in [0.1, 0.15) is 6.29 Å². The van der Waals surface area contributed by atoms with Gasteiger partial charge in [-0.1, -0.05) is 13.8 Å². The average molecular weight is 224 g/mol. The maximum atomic E-state index is 11.0. The molecule has 2 heterocycles. The fraction of sp³-hybridized carbons (Fsp3) is 0.923. The van der Waals surface area contributed by atoms with Crippen molar-refractivity contribution in [2.24, 2.45) is 5.41 Å². The molecule has 92 valence electrons. The molecular formula is C13H24N2O. The normalized spacial score (nSPS) is 28.8. The fourth-order valence-electron chi connectivity index (χ4n) is 3.04. The Kier molecular flexibility index (Phi) is 3.65. The van der Waals surface area contributed by atoms with E-state index in [2.05, 4.69) is 9.80 Å². The largest absolute Gasteiger partial charge is 0.303 e. The summed E-state index contributed by atoms with van der Waals surface area (Å²) >= 11 is 0. The number of rotatable bonds is 3. The van der Waals surface area contributed by atoms with Gasteiger partial charge in [0.25, 0.3) is 0 Å². The zero-order valence-corrected chi connectivity index (χ0v) is 10.6. The number of hydrogen-bond donors (Lipinski definition) is 0. The minimum absolute atomic E-state index is 0.187. The molecule has 2 saturated heterocycles. The highest BCUT2D eigenvalue weighted by molar-refractivity contribution is 5.58. The Hall–Kier alpha value is -0.410. The third-order valence-corrected chi connectivity index (χ3v) is 3.84. The Balaban J connectivity index is 1.93. The van der Waals surface area contributed by atoms with E-state index >= 15 is 0 Å². The van der Waals surface area contributed by atoms with Crippen LogP contribution in [0.5, 0.6) is 0 Å². The van der Waals surface area contributed by atoms with E-state index in [1.54, 1.807) is 0 Å². The lowest BCUT2D eigenvalue weighted by molar-refractivity contribution is -0.115. The van der Waals surface area contributed by atoms with Crippen LogP contribution in [-0.4, -0.2) is 54.9 Å². The molecule has 0 N–H and O–H groups in total. The zero-order chi connectivity index (χ0) is 11.6. The lowest BCUT2D eigenvalue weighted by atomic mass is 9.95. The lowest BCUT2D eigenvalue weighted by Crippen LogP contribution is -2.41. The maximum absolute atomic E-state index is 11.0. The van der Waals surface area contributed by atoms with Gasteiger partial charge in [-0.15, -0.1) is 0 Å². The molecule has 2 fully saturated rings. The molecule has 1 atom stereocenters. The molecule has 0 aromatic rings. The Bertz CT molecular complexity index is 252. The second kappa shape index (κ2) is 4.84. The number of carbonyl (C=O) groups is 1. The van der Waals surface area contributed by atoms with Crippen molar-refractivity contribution in [3.8, 4) is 0 Å². The third kappa shape index (κ3) is 2.83. The Morgan fingerprint density at radius 3 is 2.75 bits per heavy atom. The first kappa shape index (κ1) is 12.1. The second-order valence-corrected chi connectivity index (χ2v) is 6.03. The Morgan fingerprint density at radius 2 is 2.00 bits per heavy atom. The van der Waals surface area contributed by atoms with E-state index in [0.717, 1.165) is 32.0 Å².